The summed E-state index contributed by atoms with van der Waals surface area (Å²) in [4.78, 5) is 11.6. The molecule has 72 valence electrons. The first kappa shape index (κ1) is 8.04. The molecule has 14 heavy (non-hydrogen) atoms. The molecule has 2 nitrogen and oxygen atoms in total. The predicted molar refractivity (Wildman–Crippen MR) is 52.5 cm³/mol. The highest BCUT2D eigenvalue weighted by molar-refractivity contribution is 6.04. The molecule has 2 aliphatic carbocycles. The first-order valence-electron chi connectivity index (χ1n) is 4.98. The van der Waals surface area contributed by atoms with Gasteiger partial charge < -0.3 is 4.74 Å². The molecule has 0 fully saturated rings. The fourth-order valence-electron chi connectivity index (χ4n) is 2.62. The van der Waals surface area contributed by atoms with Crippen LogP contribution in [0.4, 0.5) is 0 Å². The molecule has 3 aliphatic rings. The fraction of sp³-hybridized carbons (Fsp3) is 0.417. The van der Waals surface area contributed by atoms with E-state index in [2.05, 4.69) is 19.1 Å². The Morgan fingerprint density at radius 1 is 1.57 bits per heavy atom. The van der Waals surface area contributed by atoms with E-state index >= 15 is 0 Å². The van der Waals surface area contributed by atoms with Crippen LogP contribution < -0.4 is 0 Å². The summed E-state index contributed by atoms with van der Waals surface area (Å²) in [6.45, 7) is 2.82. The molecule has 1 heterocycles. The lowest BCUT2D eigenvalue weighted by Crippen LogP contribution is -2.27. The van der Waals surface area contributed by atoms with E-state index in [1.807, 2.05) is 6.08 Å². The first-order valence-corrected chi connectivity index (χ1v) is 4.98. The maximum atomic E-state index is 11.6. The van der Waals surface area contributed by atoms with Gasteiger partial charge in [-0.3, -0.25) is 4.79 Å². The molecule has 0 N–H and O–H groups in total. The standard InChI is InChI=1S/C12H12O2/c1-12-5-2-3-8-7-14-11(10(8)12)9(13)4-6-12/h2-4,6,8H,5,7H2,1H3/t8-,12+/m1/s1. The van der Waals surface area contributed by atoms with Crippen molar-refractivity contribution in [1.29, 1.82) is 0 Å². The van der Waals surface area contributed by atoms with Gasteiger partial charge in [0.15, 0.2) is 5.76 Å². The third kappa shape index (κ3) is 0.834. The van der Waals surface area contributed by atoms with E-state index in [1.54, 1.807) is 6.08 Å². The van der Waals surface area contributed by atoms with Gasteiger partial charge in [0, 0.05) is 11.3 Å². The molecular formula is C12H12O2. The molecule has 2 atom stereocenters. The van der Waals surface area contributed by atoms with Crippen molar-refractivity contribution in [2.45, 2.75) is 13.3 Å². The van der Waals surface area contributed by atoms with Crippen LogP contribution in [-0.4, -0.2) is 12.4 Å². The van der Waals surface area contributed by atoms with Crippen LogP contribution in [0.25, 0.3) is 0 Å². The molecule has 0 aromatic carbocycles. The highest BCUT2D eigenvalue weighted by atomic mass is 16.5. The van der Waals surface area contributed by atoms with Gasteiger partial charge in [0.2, 0.25) is 5.78 Å². The molecule has 2 heteroatoms. The van der Waals surface area contributed by atoms with E-state index in [0.29, 0.717) is 18.3 Å². The fourth-order valence-corrected chi connectivity index (χ4v) is 2.62. The Kier molecular flexibility index (Phi) is 1.37. The summed E-state index contributed by atoms with van der Waals surface area (Å²) >= 11 is 0. The van der Waals surface area contributed by atoms with E-state index in [1.165, 1.54) is 5.57 Å². The van der Waals surface area contributed by atoms with Gasteiger partial charge in [0.25, 0.3) is 0 Å². The van der Waals surface area contributed by atoms with Crippen molar-refractivity contribution in [3.05, 3.63) is 35.6 Å². The normalized spacial score (nSPS) is 38.6. The minimum atomic E-state index is 0.0269. The Labute approximate surface area is 82.9 Å². The topological polar surface area (TPSA) is 26.3 Å². The van der Waals surface area contributed by atoms with Gasteiger partial charge in [-0.1, -0.05) is 25.2 Å². The largest absolute Gasteiger partial charge is 0.489 e. The van der Waals surface area contributed by atoms with Crippen LogP contribution in [0.3, 0.4) is 0 Å². The Morgan fingerprint density at radius 2 is 2.43 bits per heavy atom. The minimum Gasteiger partial charge on any atom is -0.489 e. The highest BCUT2D eigenvalue weighted by Crippen LogP contribution is 2.48. The third-order valence-electron chi connectivity index (χ3n) is 3.37. The van der Waals surface area contributed by atoms with Crippen LogP contribution >= 0.6 is 0 Å². The number of hydrogen-bond acceptors (Lipinski definition) is 2. The van der Waals surface area contributed by atoms with Crippen molar-refractivity contribution in [2.24, 2.45) is 11.3 Å². The molecule has 0 unspecified atom stereocenters. The third-order valence-corrected chi connectivity index (χ3v) is 3.37. The van der Waals surface area contributed by atoms with Crippen LogP contribution in [0.2, 0.25) is 0 Å². The lowest BCUT2D eigenvalue weighted by molar-refractivity contribution is -0.114. The molecule has 0 bridgehead atoms. The summed E-state index contributed by atoms with van der Waals surface area (Å²) in [5.41, 5.74) is 1.23. The van der Waals surface area contributed by atoms with Gasteiger partial charge in [-0.15, -0.1) is 0 Å². The van der Waals surface area contributed by atoms with Crippen LogP contribution in [0, 0.1) is 11.3 Å². The second-order valence-electron chi connectivity index (χ2n) is 4.41. The molecular weight excluding hydrogens is 176 g/mol. The minimum absolute atomic E-state index is 0.0269. The van der Waals surface area contributed by atoms with E-state index in [4.69, 9.17) is 4.74 Å². The van der Waals surface area contributed by atoms with Crippen molar-refractivity contribution in [3.63, 3.8) is 0 Å². The van der Waals surface area contributed by atoms with Crippen molar-refractivity contribution < 1.29 is 9.53 Å². The van der Waals surface area contributed by atoms with Gasteiger partial charge in [0.1, 0.15) is 0 Å². The first-order chi connectivity index (χ1) is 6.71. The number of carbonyl (C=O) groups is 1. The van der Waals surface area contributed by atoms with Gasteiger partial charge in [0.05, 0.1) is 6.61 Å². The number of hydrogen-bond donors (Lipinski definition) is 0. The van der Waals surface area contributed by atoms with Crippen LogP contribution in [-0.2, 0) is 9.53 Å². The smallest absolute Gasteiger partial charge is 0.220 e. The number of ketones is 1. The Balaban J connectivity index is 2.22. The van der Waals surface area contributed by atoms with E-state index in [9.17, 15) is 4.79 Å². The van der Waals surface area contributed by atoms with E-state index in [0.717, 1.165) is 6.42 Å². The Morgan fingerprint density at radius 3 is 3.29 bits per heavy atom. The number of carbonyl (C=O) groups excluding carboxylic acids is 1. The highest BCUT2D eigenvalue weighted by Gasteiger charge is 2.43. The lowest BCUT2D eigenvalue weighted by Gasteiger charge is -2.34. The van der Waals surface area contributed by atoms with Crippen molar-refractivity contribution in [2.75, 3.05) is 6.61 Å². The molecule has 0 saturated carbocycles. The molecule has 1 aliphatic heterocycles. The molecule has 0 amide bonds. The average molecular weight is 188 g/mol. The maximum Gasteiger partial charge on any atom is 0.220 e. The molecule has 0 radical (unpaired) electrons. The number of rotatable bonds is 0. The van der Waals surface area contributed by atoms with Gasteiger partial charge >= 0.3 is 0 Å². The zero-order valence-electron chi connectivity index (χ0n) is 8.12. The van der Waals surface area contributed by atoms with Crippen LogP contribution in [0.15, 0.2) is 35.6 Å². The van der Waals surface area contributed by atoms with Crippen LogP contribution in [0.1, 0.15) is 13.3 Å². The lowest BCUT2D eigenvalue weighted by atomic mass is 9.68. The monoisotopic (exact) mass is 188 g/mol. The summed E-state index contributed by atoms with van der Waals surface area (Å²) in [6.07, 6.45) is 9.02. The van der Waals surface area contributed by atoms with Crippen molar-refractivity contribution in [1.82, 2.24) is 0 Å². The van der Waals surface area contributed by atoms with E-state index < -0.39 is 0 Å². The molecule has 3 rings (SSSR count). The van der Waals surface area contributed by atoms with Crippen LogP contribution in [0.5, 0.6) is 0 Å². The van der Waals surface area contributed by atoms with Gasteiger partial charge in [-0.05, 0) is 18.1 Å². The Hall–Kier alpha value is -1.31. The second kappa shape index (κ2) is 2.38. The maximum absolute atomic E-state index is 11.6. The van der Waals surface area contributed by atoms with Crippen molar-refractivity contribution >= 4 is 5.78 Å². The zero-order valence-corrected chi connectivity index (χ0v) is 8.12. The van der Waals surface area contributed by atoms with Gasteiger partial charge in [-0.2, -0.15) is 0 Å². The quantitative estimate of drug-likeness (QED) is 0.543. The Bertz CT molecular complexity index is 401. The van der Waals surface area contributed by atoms with Gasteiger partial charge in [-0.25, -0.2) is 0 Å². The molecule has 0 spiro atoms. The zero-order chi connectivity index (χ0) is 9.76. The van der Waals surface area contributed by atoms with Crippen molar-refractivity contribution in [3.8, 4) is 0 Å². The summed E-state index contributed by atoms with van der Waals surface area (Å²) in [7, 11) is 0. The predicted octanol–water partition coefficient (Wildman–Crippen LogP) is 1.99. The van der Waals surface area contributed by atoms with E-state index in [-0.39, 0.29) is 11.2 Å². The summed E-state index contributed by atoms with van der Waals surface area (Å²) in [6, 6.07) is 0. The second-order valence-corrected chi connectivity index (χ2v) is 4.41. The SMILES string of the molecule is C[C@]12C=CC(=O)C3=C1[C@H](C=CC2)CO3. The number of allylic oxidation sites excluding steroid dienone is 3. The summed E-state index contributed by atoms with van der Waals surface area (Å²) < 4.78 is 5.48. The summed E-state index contributed by atoms with van der Waals surface area (Å²) in [5.74, 6) is 0.984. The molecule has 0 aromatic heterocycles. The molecule has 0 saturated heterocycles. The summed E-state index contributed by atoms with van der Waals surface area (Å²) in [5, 5.41) is 0. The number of ether oxygens (including phenoxy) is 1. The average Bonchev–Trinajstić information content (AvgIpc) is 2.59. The molecule has 0 aromatic rings.